The Balaban J connectivity index is 0.00000112. The van der Waals surface area contributed by atoms with Gasteiger partial charge in [0, 0.05) is 40.4 Å². The van der Waals surface area contributed by atoms with Gasteiger partial charge in [0.2, 0.25) is 0 Å². The van der Waals surface area contributed by atoms with E-state index >= 15 is 0 Å². The smallest absolute Gasteiger partial charge is 0.307 e. The number of carboxylic acid groups (broad SMARTS) is 1. The van der Waals surface area contributed by atoms with Gasteiger partial charge in [0.25, 0.3) is 0 Å². The third kappa shape index (κ3) is 2.98. The maximum absolute atomic E-state index is 10.6. The van der Waals surface area contributed by atoms with Crippen molar-refractivity contribution in [2.75, 3.05) is 0 Å². The molecule has 2 rings (SSSR count). The second kappa shape index (κ2) is 5.55. The van der Waals surface area contributed by atoms with Crippen LogP contribution in [0.2, 0.25) is 0 Å². The standard InChI is InChI=1S/C12H10O2.Sm/c13-12(14)8-10-6-3-5-9-4-1-2-7-11(9)10;/h1-7H,8H2,(H,13,14);. The minimum Gasteiger partial charge on any atom is -0.481 e. The van der Waals surface area contributed by atoms with E-state index in [4.69, 9.17) is 5.11 Å². The molecule has 2 nitrogen and oxygen atoms in total. The largest absolute Gasteiger partial charge is 0.481 e. The number of benzene rings is 2. The fourth-order valence-electron chi connectivity index (χ4n) is 1.61. The number of hydrogen-bond donors (Lipinski definition) is 1. The van der Waals surface area contributed by atoms with Crippen molar-refractivity contribution in [3.63, 3.8) is 0 Å². The Hall–Kier alpha value is -0.492. The Morgan fingerprint density at radius 1 is 1.07 bits per heavy atom. The summed E-state index contributed by atoms with van der Waals surface area (Å²) < 4.78 is 0. The molecule has 0 aromatic heterocycles. The first-order chi connectivity index (χ1) is 6.77. The summed E-state index contributed by atoms with van der Waals surface area (Å²) in [6.45, 7) is 0. The van der Waals surface area contributed by atoms with Crippen molar-refractivity contribution in [2.45, 2.75) is 6.42 Å². The van der Waals surface area contributed by atoms with Crippen molar-refractivity contribution in [3.8, 4) is 0 Å². The third-order valence-corrected chi connectivity index (χ3v) is 2.22. The second-order valence-electron chi connectivity index (χ2n) is 3.21. The Morgan fingerprint density at radius 3 is 2.47 bits per heavy atom. The van der Waals surface area contributed by atoms with Crippen molar-refractivity contribution >= 4 is 16.7 Å². The number of carboxylic acids is 1. The molecule has 0 atom stereocenters. The van der Waals surface area contributed by atoms with E-state index in [1.807, 2.05) is 42.5 Å². The molecule has 2 aromatic carbocycles. The molecule has 0 aliphatic carbocycles. The normalized spacial score (nSPS) is 9.60. The van der Waals surface area contributed by atoms with Gasteiger partial charge in [-0.1, -0.05) is 42.5 Å². The molecular weight excluding hydrogens is 326 g/mol. The molecular formula is C12H10O2Sm. The molecule has 0 radical (unpaired) electrons. The third-order valence-electron chi connectivity index (χ3n) is 2.22. The summed E-state index contributed by atoms with van der Waals surface area (Å²) in [5.74, 6) is -0.790. The SMILES string of the molecule is O=C(O)Cc1cccc2ccccc12.[Sm]. The van der Waals surface area contributed by atoms with Gasteiger partial charge in [-0.2, -0.15) is 0 Å². The van der Waals surface area contributed by atoms with Gasteiger partial charge in [-0.15, -0.1) is 0 Å². The molecule has 3 heteroatoms. The zero-order chi connectivity index (χ0) is 9.97. The molecule has 0 unspecified atom stereocenters. The van der Waals surface area contributed by atoms with Crippen LogP contribution in [0.15, 0.2) is 42.5 Å². The van der Waals surface area contributed by atoms with Crippen LogP contribution in [0, 0.1) is 40.4 Å². The maximum Gasteiger partial charge on any atom is 0.307 e. The molecule has 0 saturated heterocycles. The first kappa shape index (κ1) is 12.6. The molecule has 0 saturated carbocycles. The van der Waals surface area contributed by atoms with Crippen LogP contribution in [0.4, 0.5) is 0 Å². The summed E-state index contributed by atoms with van der Waals surface area (Å²) in [6, 6.07) is 13.5. The fraction of sp³-hybridized carbons (Fsp3) is 0.0833. The second-order valence-corrected chi connectivity index (χ2v) is 3.21. The van der Waals surface area contributed by atoms with Crippen LogP contribution in [0.3, 0.4) is 0 Å². The Kier molecular flexibility index (Phi) is 4.66. The monoisotopic (exact) mass is 338 g/mol. The number of hydrogen-bond acceptors (Lipinski definition) is 1. The molecule has 0 fully saturated rings. The summed E-state index contributed by atoms with van der Waals surface area (Å²) in [5, 5.41) is 10.8. The maximum atomic E-state index is 10.6. The van der Waals surface area contributed by atoms with Crippen molar-refractivity contribution in [2.24, 2.45) is 0 Å². The van der Waals surface area contributed by atoms with E-state index in [9.17, 15) is 4.79 Å². The van der Waals surface area contributed by atoms with E-state index < -0.39 is 5.97 Å². The Morgan fingerprint density at radius 2 is 1.73 bits per heavy atom. The minimum atomic E-state index is -0.790. The Bertz CT molecular complexity index is 475. The van der Waals surface area contributed by atoms with E-state index in [1.54, 1.807) is 0 Å². The number of rotatable bonds is 2. The minimum absolute atomic E-state index is 0. The van der Waals surface area contributed by atoms with Gasteiger partial charge in [-0.25, -0.2) is 0 Å². The molecule has 0 heterocycles. The van der Waals surface area contributed by atoms with Crippen LogP contribution in [0.1, 0.15) is 5.56 Å². The fourth-order valence-corrected chi connectivity index (χ4v) is 1.61. The van der Waals surface area contributed by atoms with Gasteiger partial charge in [-0.05, 0) is 16.3 Å². The van der Waals surface area contributed by atoms with Crippen molar-refractivity contribution in [1.82, 2.24) is 0 Å². The van der Waals surface area contributed by atoms with Gasteiger partial charge >= 0.3 is 5.97 Å². The molecule has 15 heavy (non-hydrogen) atoms. The van der Waals surface area contributed by atoms with Crippen molar-refractivity contribution in [3.05, 3.63) is 48.0 Å². The molecule has 0 spiro atoms. The summed E-state index contributed by atoms with van der Waals surface area (Å²) >= 11 is 0. The molecule has 0 bridgehead atoms. The van der Waals surface area contributed by atoms with Crippen LogP contribution < -0.4 is 0 Å². The van der Waals surface area contributed by atoms with E-state index in [1.165, 1.54) is 0 Å². The first-order valence-electron chi connectivity index (χ1n) is 4.46. The van der Waals surface area contributed by atoms with E-state index in [-0.39, 0.29) is 46.8 Å². The van der Waals surface area contributed by atoms with Gasteiger partial charge in [0.15, 0.2) is 0 Å². The van der Waals surface area contributed by atoms with Gasteiger partial charge < -0.3 is 5.11 Å². The summed E-state index contributed by atoms with van der Waals surface area (Å²) in [5.41, 5.74) is 0.871. The van der Waals surface area contributed by atoms with E-state index in [0.29, 0.717) is 0 Å². The molecule has 0 amide bonds. The predicted octanol–water partition coefficient (Wildman–Crippen LogP) is 2.47. The van der Waals surface area contributed by atoms with Crippen molar-refractivity contribution in [1.29, 1.82) is 0 Å². The van der Waals surface area contributed by atoms with Gasteiger partial charge in [0.05, 0.1) is 6.42 Å². The van der Waals surface area contributed by atoms with Crippen LogP contribution in [-0.2, 0) is 11.2 Å². The number of carbonyl (C=O) groups is 1. The summed E-state index contributed by atoms with van der Waals surface area (Å²) in [7, 11) is 0. The predicted molar refractivity (Wildman–Crippen MR) is 55.3 cm³/mol. The summed E-state index contributed by atoms with van der Waals surface area (Å²) in [4.78, 5) is 10.6. The zero-order valence-electron chi connectivity index (χ0n) is 8.01. The van der Waals surface area contributed by atoms with E-state index in [0.717, 1.165) is 16.3 Å². The van der Waals surface area contributed by atoms with Crippen LogP contribution in [0.25, 0.3) is 10.8 Å². The molecule has 0 aliphatic rings. The number of fused-ring (bicyclic) bond motifs is 1. The van der Waals surface area contributed by atoms with Gasteiger partial charge in [0.1, 0.15) is 0 Å². The first-order valence-corrected chi connectivity index (χ1v) is 4.46. The van der Waals surface area contributed by atoms with Crippen LogP contribution in [-0.4, -0.2) is 11.1 Å². The average Bonchev–Trinajstić information content (AvgIpc) is 2.18. The average molecular weight is 337 g/mol. The number of aliphatic carboxylic acids is 1. The van der Waals surface area contributed by atoms with Crippen molar-refractivity contribution < 1.29 is 50.3 Å². The van der Waals surface area contributed by atoms with Crippen LogP contribution >= 0.6 is 0 Å². The molecule has 0 aliphatic heterocycles. The quantitative estimate of drug-likeness (QED) is 0.915. The Labute approximate surface area is 120 Å². The summed E-state index contributed by atoms with van der Waals surface area (Å²) in [6.07, 6.45) is 0.0847. The van der Waals surface area contributed by atoms with Crippen LogP contribution in [0.5, 0.6) is 0 Å². The molecule has 2 aromatic rings. The molecule has 1 N–H and O–H groups in total. The van der Waals surface area contributed by atoms with Gasteiger partial charge in [-0.3, -0.25) is 4.79 Å². The molecule has 76 valence electrons. The topological polar surface area (TPSA) is 37.3 Å². The zero-order valence-corrected chi connectivity index (χ0v) is 10.6. The van der Waals surface area contributed by atoms with E-state index in [2.05, 4.69) is 0 Å².